The van der Waals surface area contributed by atoms with Crippen molar-refractivity contribution < 1.29 is 4.79 Å². The highest BCUT2D eigenvalue weighted by molar-refractivity contribution is 5.95. The first-order valence-corrected chi connectivity index (χ1v) is 8.41. The van der Waals surface area contributed by atoms with Crippen molar-refractivity contribution in [2.24, 2.45) is 4.99 Å². The quantitative estimate of drug-likeness (QED) is 0.761. The predicted octanol–water partition coefficient (Wildman–Crippen LogP) is 5.27. The lowest BCUT2D eigenvalue weighted by atomic mass is 10.0. The largest absolute Gasteiger partial charge is 0.324 e. The molecule has 2 rings (SSSR count). The second-order valence-electron chi connectivity index (χ2n) is 5.27. The number of amides is 1. The summed E-state index contributed by atoms with van der Waals surface area (Å²) in [6.07, 6.45) is 3.87. The molecule has 0 aliphatic rings. The second-order valence-corrected chi connectivity index (χ2v) is 5.27. The first kappa shape index (κ1) is 19.6. The lowest BCUT2D eigenvalue weighted by Gasteiger charge is -2.13. The second kappa shape index (κ2) is 10.3. The molecule has 1 atom stereocenters. The zero-order valence-corrected chi connectivity index (χ0v) is 15.2. The van der Waals surface area contributed by atoms with Crippen LogP contribution in [0, 0.1) is 6.92 Å². The first-order valence-electron chi connectivity index (χ1n) is 8.41. The number of aromatic nitrogens is 1. The summed E-state index contributed by atoms with van der Waals surface area (Å²) in [6.45, 7) is 9.85. The maximum absolute atomic E-state index is 12.3. The van der Waals surface area contributed by atoms with Crippen molar-refractivity contribution in [3.63, 3.8) is 0 Å². The molecule has 0 saturated heterocycles. The minimum atomic E-state index is -0.0312. The molecule has 24 heavy (non-hydrogen) atoms. The first-order chi connectivity index (χ1) is 11.6. The van der Waals surface area contributed by atoms with Crippen molar-refractivity contribution in [3.05, 3.63) is 53.9 Å². The van der Waals surface area contributed by atoms with E-state index in [9.17, 15) is 4.79 Å². The summed E-state index contributed by atoms with van der Waals surface area (Å²) in [5.41, 5.74) is 3.52. The fourth-order valence-electron chi connectivity index (χ4n) is 2.31. The Hall–Kier alpha value is -2.49. The molecule has 0 aliphatic carbocycles. The van der Waals surface area contributed by atoms with E-state index < -0.39 is 0 Å². The number of hydrogen-bond donors (Lipinski definition) is 1. The summed E-state index contributed by atoms with van der Waals surface area (Å²) in [5.74, 6) is 0.0421. The molecule has 0 bridgehead atoms. The average molecular weight is 325 g/mol. The molecule has 1 unspecified atom stereocenters. The molecule has 0 radical (unpaired) electrons. The third kappa shape index (κ3) is 5.61. The maximum Gasteiger partial charge on any atom is 0.225 e. The van der Waals surface area contributed by atoms with Crippen LogP contribution in [-0.4, -0.2) is 17.1 Å². The standard InChI is InChI=1S/C18H21N3O.C2H6/c1-4-19-18-13(2)8-7-10-16(18)21-17(22)12-14(3)15-9-5-6-11-20-15;1-2/h4-11,14H,12H2,1-3H3,(H,21,22);1-2H3. The van der Waals surface area contributed by atoms with Gasteiger partial charge in [-0.15, -0.1) is 0 Å². The number of carbonyl (C=O) groups is 1. The highest BCUT2D eigenvalue weighted by atomic mass is 16.1. The number of anilines is 1. The molecule has 0 fully saturated rings. The molecule has 1 amide bonds. The van der Waals surface area contributed by atoms with Gasteiger partial charge in [-0.3, -0.25) is 14.8 Å². The molecule has 1 N–H and O–H groups in total. The number of para-hydroxylation sites is 1. The Morgan fingerprint density at radius 2 is 2.00 bits per heavy atom. The van der Waals surface area contributed by atoms with Crippen LogP contribution in [0.25, 0.3) is 0 Å². The molecule has 128 valence electrons. The summed E-state index contributed by atoms with van der Waals surface area (Å²) >= 11 is 0. The molecule has 0 saturated carbocycles. The van der Waals surface area contributed by atoms with Gasteiger partial charge in [0.1, 0.15) is 0 Å². The van der Waals surface area contributed by atoms with Crippen molar-refractivity contribution in [1.29, 1.82) is 0 Å². The topological polar surface area (TPSA) is 54.4 Å². The van der Waals surface area contributed by atoms with Crippen molar-refractivity contribution in [1.82, 2.24) is 4.98 Å². The fraction of sp³-hybridized carbons (Fsp3) is 0.350. The van der Waals surface area contributed by atoms with E-state index in [4.69, 9.17) is 0 Å². The summed E-state index contributed by atoms with van der Waals surface area (Å²) in [5, 5.41) is 2.96. The van der Waals surface area contributed by atoms with Crippen LogP contribution in [0.15, 0.2) is 47.6 Å². The Labute approximate surface area is 145 Å². The van der Waals surface area contributed by atoms with Crippen molar-refractivity contribution in [2.75, 3.05) is 5.32 Å². The lowest BCUT2D eigenvalue weighted by molar-refractivity contribution is -0.116. The van der Waals surface area contributed by atoms with Crippen molar-refractivity contribution in [3.8, 4) is 0 Å². The zero-order chi connectivity index (χ0) is 17.9. The number of carbonyl (C=O) groups excluding carboxylic acids is 1. The number of nitrogens with zero attached hydrogens (tertiary/aromatic N) is 2. The maximum atomic E-state index is 12.3. The third-order valence-electron chi connectivity index (χ3n) is 3.45. The van der Waals surface area contributed by atoms with E-state index >= 15 is 0 Å². The Kier molecular flexibility index (Phi) is 8.41. The Morgan fingerprint density at radius 1 is 1.25 bits per heavy atom. The van der Waals surface area contributed by atoms with E-state index in [1.165, 1.54) is 0 Å². The van der Waals surface area contributed by atoms with Gasteiger partial charge in [-0.2, -0.15) is 0 Å². The molecular weight excluding hydrogens is 298 g/mol. The summed E-state index contributed by atoms with van der Waals surface area (Å²) in [6, 6.07) is 11.5. The number of aryl methyl sites for hydroxylation is 1. The van der Waals surface area contributed by atoms with Gasteiger partial charge in [0.05, 0.1) is 11.4 Å². The van der Waals surface area contributed by atoms with Crippen molar-refractivity contribution >= 4 is 23.5 Å². The molecule has 4 heteroatoms. The van der Waals surface area contributed by atoms with Crippen LogP contribution in [0.5, 0.6) is 0 Å². The SMILES string of the molecule is CC.CC=Nc1c(C)cccc1NC(=O)CC(C)c1ccccn1. The number of benzene rings is 1. The van der Waals surface area contributed by atoms with Crippen LogP contribution in [0.3, 0.4) is 0 Å². The van der Waals surface area contributed by atoms with Crippen LogP contribution in [0.4, 0.5) is 11.4 Å². The Morgan fingerprint density at radius 3 is 2.62 bits per heavy atom. The minimum absolute atomic E-state index is 0.0312. The molecule has 1 aromatic heterocycles. The van der Waals surface area contributed by atoms with Crippen LogP contribution in [0.1, 0.15) is 51.3 Å². The van der Waals surface area contributed by atoms with Crippen molar-refractivity contribution in [2.45, 2.75) is 47.0 Å². The van der Waals surface area contributed by atoms with Crippen LogP contribution in [-0.2, 0) is 4.79 Å². The van der Waals surface area contributed by atoms with Crippen LogP contribution < -0.4 is 5.32 Å². The Bertz CT molecular complexity index is 666. The molecule has 1 heterocycles. The summed E-state index contributed by atoms with van der Waals surface area (Å²) in [4.78, 5) is 20.9. The van der Waals surface area contributed by atoms with Gasteiger partial charge in [-0.25, -0.2) is 0 Å². The van der Waals surface area contributed by atoms with Gasteiger partial charge in [0.15, 0.2) is 0 Å². The van der Waals surface area contributed by atoms with E-state index in [0.717, 1.165) is 22.6 Å². The predicted molar refractivity (Wildman–Crippen MR) is 102 cm³/mol. The van der Waals surface area contributed by atoms with Gasteiger partial charge < -0.3 is 5.32 Å². The van der Waals surface area contributed by atoms with Gasteiger partial charge in [-0.1, -0.05) is 39.0 Å². The Balaban J connectivity index is 0.00000139. The lowest BCUT2D eigenvalue weighted by Crippen LogP contribution is -2.15. The molecule has 0 spiro atoms. The number of nitrogens with one attached hydrogen (secondary N) is 1. The monoisotopic (exact) mass is 325 g/mol. The van der Waals surface area contributed by atoms with E-state index in [2.05, 4.69) is 15.3 Å². The smallest absolute Gasteiger partial charge is 0.225 e. The molecule has 2 aromatic rings. The van der Waals surface area contributed by atoms with E-state index in [-0.39, 0.29) is 11.8 Å². The van der Waals surface area contributed by atoms with Gasteiger partial charge in [0.2, 0.25) is 5.91 Å². The van der Waals surface area contributed by atoms with Crippen LogP contribution >= 0.6 is 0 Å². The number of hydrogen-bond acceptors (Lipinski definition) is 3. The van der Waals surface area contributed by atoms with E-state index in [1.54, 1.807) is 12.4 Å². The highest BCUT2D eigenvalue weighted by Crippen LogP contribution is 2.29. The fourth-order valence-corrected chi connectivity index (χ4v) is 2.31. The minimum Gasteiger partial charge on any atom is -0.324 e. The molecular formula is C20H27N3O. The van der Waals surface area contributed by atoms with E-state index in [0.29, 0.717) is 6.42 Å². The molecule has 4 nitrogen and oxygen atoms in total. The number of aliphatic imine (C=N–C) groups is 1. The zero-order valence-electron chi connectivity index (χ0n) is 15.2. The van der Waals surface area contributed by atoms with Gasteiger partial charge in [0, 0.05) is 30.4 Å². The average Bonchev–Trinajstić information content (AvgIpc) is 2.60. The normalized spacial score (nSPS) is 11.5. The van der Waals surface area contributed by atoms with Crippen LogP contribution in [0.2, 0.25) is 0 Å². The van der Waals surface area contributed by atoms with Gasteiger partial charge in [0.25, 0.3) is 0 Å². The molecule has 0 aliphatic heterocycles. The number of pyridine rings is 1. The third-order valence-corrected chi connectivity index (χ3v) is 3.45. The summed E-state index contributed by atoms with van der Waals surface area (Å²) < 4.78 is 0. The summed E-state index contributed by atoms with van der Waals surface area (Å²) in [7, 11) is 0. The molecule has 1 aromatic carbocycles. The number of rotatable bonds is 5. The highest BCUT2D eigenvalue weighted by Gasteiger charge is 2.14. The van der Waals surface area contributed by atoms with E-state index in [1.807, 2.05) is 71.0 Å². The van der Waals surface area contributed by atoms with Gasteiger partial charge in [-0.05, 0) is 37.6 Å². The van der Waals surface area contributed by atoms with Gasteiger partial charge >= 0.3 is 0 Å².